The number of carbonyl (C=O) groups is 3. The molecule has 0 heterocycles. The van der Waals surface area contributed by atoms with Gasteiger partial charge in [0.15, 0.2) is 6.10 Å². The van der Waals surface area contributed by atoms with Gasteiger partial charge in [0.2, 0.25) is 0 Å². The Bertz CT molecular complexity index is 1330. The Labute approximate surface area is 407 Å². The largest absolute Gasteiger partial charge is 0.462 e. The van der Waals surface area contributed by atoms with Crippen molar-refractivity contribution in [2.24, 2.45) is 0 Å². The topological polar surface area (TPSA) is 78.9 Å². The first kappa shape index (κ1) is 62.3. The van der Waals surface area contributed by atoms with Crippen LogP contribution in [-0.2, 0) is 28.6 Å². The van der Waals surface area contributed by atoms with Gasteiger partial charge in [-0.25, -0.2) is 0 Å². The highest BCUT2D eigenvalue weighted by molar-refractivity contribution is 5.71. The SMILES string of the molecule is CC/C=C\C/C=C\C/C=C\C/C=C\C/C=C\C/C=C\CCCCC(=O)OCC(COC(=O)CCCCCCCCCCCCC)OC(=O)CCCCCCC/C=C\C/C=C\CCCCCC. The first-order valence-electron chi connectivity index (χ1n) is 27.2. The molecule has 0 bridgehead atoms. The number of ether oxygens (including phenoxy) is 3. The molecule has 0 rings (SSSR count). The Morgan fingerprint density at radius 3 is 0.970 bits per heavy atom. The number of carbonyl (C=O) groups excluding carboxylic acids is 3. The van der Waals surface area contributed by atoms with E-state index in [4.69, 9.17) is 14.2 Å². The number of hydrogen-bond donors (Lipinski definition) is 0. The minimum absolute atomic E-state index is 0.0964. The van der Waals surface area contributed by atoms with Crippen LogP contribution < -0.4 is 0 Å². The van der Waals surface area contributed by atoms with Gasteiger partial charge in [-0.1, -0.05) is 221 Å². The van der Waals surface area contributed by atoms with Crippen LogP contribution in [0.5, 0.6) is 0 Å². The van der Waals surface area contributed by atoms with E-state index >= 15 is 0 Å². The lowest BCUT2D eigenvalue weighted by Crippen LogP contribution is -2.30. The van der Waals surface area contributed by atoms with E-state index in [-0.39, 0.29) is 31.1 Å². The summed E-state index contributed by atoms with van der Waals surface area (Å²) >= 11 is 0. The van der Waals surface area contributed by atoms with E-state index in [9.17, 15) is 14.4 Å². The van der Waals surface area contributed by atoms with Crippen molar-refractivity contribution in [3.8, 4) is 0 Å². The number of hydrogen-bond acceptors (Lipinski definition) is 6. The molecule has 0 amide bonds. The van der Waals surface area contributed by atoms with E-state index in [0.29, 0.717) is 19.3 Å². The molecule has 1 unspecified atom stereocenters. The molecule has 1 atom stereocenters. The smallest absolute Gasteiger partial charge is 0.306 e. The lowest BCUT2D eigenvalue weighted by molar-refractivity contribution is -0.167. The highest BCUT2D eigenvalue weighted by Gasteiger charge is 2.19. The van der Waals surface area contributed by atoms with Crippen molar-refractivity contribution in [3.05, 3.63) is 97.2 Å². The third-order valence-electron chi connectivity index (χ3n) is 11.3. The van der Waals surface area contributed by atoms with Crippen molar-refractivity contribution in [1.29, 1.82) is 0 Å². The zero-order chi connectivity index (χ0) is 47.9. The van der Waals surface area contributed by atoms with Crippen molar-refractivity contribution in [1.82, 2.24) is 0 Å². The summed E-state index contributed by atoms with van der Waals surface area (Å²) in [5.74, 6) is -0.956. The number of unbranched alkanes of at least 4 members (excludes halogenated alkanes) is 21. The first-order valence-corrected chi connectivity index (χ1v) is 27.2. The maximum absolute atomic E-state index is 12.8. The predicted octanol–water partition coefficient (Wildman–Crippen LogP) is 18.1. The van der Waals surface area contributed by atoms with Gasteiger partial charge in [-0.2, -0.15) is 0 Å². The Morgan fingerprint density at radius 1 is 0.318 bits per heavy atom. The maximum Gasteiger partial charge on any atom is 0.306 e. The van der Waals surface area contributed by atoms with Crippen LogP contribution in [-0.4, -0.2) is 37.2 Å². The van der Waals surface area contributed by atoms with Crippen LogP contribution >= 0.6 is 0 Å². The Morgan fingerprint density at radius 2 is 0.591 bits per heavy atom. The van der Waals surface area contributed by atoms with E-state index < -0.39 is 6.10 Å². The molecule has 6 nitrogen and oxygen atoms in total. The maximum atomic E-state index is 12.8. The minimum atomic E-state index is -0.802. The van der Waals surface area contributed by atoms with E-state index in [0.717, 1.165) is 122 Å². The third-order valence-corrected chi connectivity index (χ3v) is 11.3. The van der Waals surface area contributed by atoms with Gasteiger partial charge in [-0.15, -0.1) is 0 Å². The lowest BCUT2D eigenvalue weighted by atomic mass is 10.1. The molecular formula is C60H100O6. The van der Waals surface area contributed by atoms with Gasteiger partial charge in [0.25, 0.3) is 0 Å². The normalized spacial score (nSPS) is 12.8. The average molecular weight is 917 g/mol. The summed E-state index contributed by atoms with van der Waals surface area (Å²) in [6.07, 6.45) is 71.1. The molecular weight excluding hydrogens is 817 g/mol. The third kappa shape index (κ3) is 51.3. The molecule has 0 saturated heterocycles. The van der Waals surface area contributed by atoms with Crippen LogP contribution in [0.1, 0.15) is 245 Å². The van der Waals surface area contributed by atoms with Crippen LogP contribution in [0, 0.1) is 0 Å². The summed E-state index contributed by atoms with van der Waals surface area (Å²) < 4.78 is 16.8. The van der Waals surface area contributed by atoms with E-state index in [1.54, 1.807) is 0 Å². The van der Waals surface area contributed by atoms with Gasteiger partial charge in [0.05, 0.1) is 0 Å². The molecule has 0 aromatic carbocycles. The minimum Gasteiger partial charge on any atom is -0.462 e. The summed E-state index contributed by atoms with van der Waals surface area (Å²) in [7, 11) is 0. The second kappa shape index (κ2) is 53.9. The molecule has 0 fully saturated rings. The van der Waals surface area contributed by atoms with Crippen LogP contribution in [0.4, 0.5) is 0 Å². The fourth-order valence-corrected chi connectivity index (χ4v) is 7.24. The van der Waals surface area contributed by atoms with Crippen molar-refractivity contribution in [3.63, 3.8) is 0 Å². The van der Waals surface area contributed by atoms with E-state index in [1.165, 1.54) is 83.5 Å². The monoisotopic (exact) mass is 917 g/mol. The predicted molar refractivity (Wildman–Crippen MR) is 284 cm³/mol. The van der Waals surface area contributed by atoms with Gasteiger partial charge < -0.3 is 14.2 Å². The molecule has 0 N–H and O–H groups in total. The molecule has 0 spiro atoms. The van der Waals surface area contributed by atoms with Crippen LogP contribution in [0.25, 0.3) is 0 Å². The summed E-state index contributed by atoms with van der Waals surface area (Å²) in [5.41, 5.74) is 0. The summed E-state index contributed by atoms with van der Waals surface area (Å²) in [6.45, 7) is 6.45. The average Bonchev–Trinajstić information content (AvgIpc) is 3.31. The van der Waals surface area contributed by atoms with Crippen molar-refractivity contribution in [2.75, 3.05) is 13.2 Å². The van der Waals surface area contributed by atoms with Gasteiger partial charge in [-0.05, 0) is 103 Å². The summed E-state index contributed by atoms with van der Waals surface area (Å²) in [6, 6.07) is 0. The van der Waals surface area contributed by atoms with E-state index in [2.05, 4.69) is 118 Å². The van der Waals surface area contributed by atoms with Crippen LogP contribution in [0.3, 0.4) is 0 Å². The second-order valence-corrected chi connectivity index (χ2v) is 17.8. The van der Waals surface area contributed by atoms with Crippen molar-refractivity contribution >= 4 is 17.9 Å². The molecule has 0 aromatic heterocycles. The number of allylic oxidation sites excluding steroid dienone is 16. The Balaban J connectivity index is 4.46. The molecule has 0 aliphatic heterocycles. The van der Waals surface area contributed by atoms with Gasteiger partial charge >= 0.3 is 17.9 Å². The van der Waals surface area contributed by atoms with Gasteiger partial charge in [0, 0.05) is 19.3 Å². The fraction of sp³-hybridized carbons (Fsp3) is 0.683. The molecule has 0 aliphatic rings. The zero-order valence-corrected chi connectivity index (χ0v) is 42.9. The molecule has 0 aromatic rings. The van der Waals surface area contributed by atoms with Crippen LogP contribution in [0.2, 0.25) is 0 Å². The highest BCUT2D eigenvalue weighted by Crippen LogP contribution is 2.14. The second-order valence-electron chi connectivity index (χ2n) is 17.8. The lowest BCUT2D eigenvalue weighted by Gasteiger charge is -2.18. The number of esters is 3. The molecule has 0 aliphatic carbocycles. The highest BCUT2D eigenvalue weighted by atomic mass is 16.6. The fourth-order valence-electron chi connectivity index (χ4n) is 7.24. The first-order chi connectivity index (χ1) is 32.5. The summed E-state index contributed by atoms with van der Waals surface area (Å²) in [4.78, 5) is 38.0. The Hall–Kier alpha value is -3.67. The van der Waals surface area contributed by atoms with Crippen molar-refractivity contribution < 1.29 is 28.6 Å². The number of rotatable bonds is 48. The quantitative estimate of drug-likeness (QED) is 0.0262. The zero-order valence-electron chi connectivity index (χ0n) is 42.9. The summed E-state index contributed by atoms with van der Waals surface area (Å²) in [5, 5.41) is 0. The van der Waals surface area contributed by atoms with Gasteiger partial charge in [0.1, 0.15) is 13.2 Å². The molecule has 376 valence electrons. The Kier molecular flexibility index (Phi) is 50.9. The molecule has 0 radical (unpaired) electrons. The van der Waals surface area contributed by atoms with E-state index in [1.807, 2.05) is 0 Å². The molecule has 0 saturated carbocycles. The standard InChI is InChI=1S/C60H100O6/c1-4-7-10-13-16-19-22-24-26-28-29-30-31-32-34-35-38-41-44-47-50-53-59(62)65-56-57(55-64-58(61)52-49-46-43-40-37-21-18-15-12-9-6-3)66-60(63)54-51-48-45-42-39-36-33-27-25-23-20-17-14-11-8-5-2/h7,10,16,19-20,23-24,26-27,29-30,32-34,38,41,57H,4-6,8-9,11-15,17-18,21-22,25,28,31,35-37,39-40,42-56H2,1-3H3/b10-7-,19-16-,23-20-,26-24-,30-29-,33-27-,34-32-,41-38-. The van der Waals surface area contributed by atoms with Crippen molar-refractivity contribution in [2.45, 2.75) is 252 Å². The van der Waals surface area contributed by atoms with Gasteiger partial charge in [-0.3, -0.25) is 14.4 Å². The molecule has 66 heavy (non-hydrogen) atoms. The molecule has 6 heteroatoms. The van der Waals surface area contributed by atoms with Crippen LogP contribution in [0.15, 0.2) is 97.2 Å².